The van der Waals surface area contributed by atoms with Crippen LogP contribution in [0.5, 0.6) is 0 Å². The Morgan fingerprint density at radius 3 is 2.48 bits per heavy atom. The van der Waals surface area contributed by atoms with Crippen LogP contribution in [0.15, 0.2) is 36.4 Å². The molecule has 2 aromatic rings. The van der Waals surface area contributed by atoms with Crippen molar-refractivity contribution in [3.8, 4) is 0 Å². The summed E-state index contributed by atoms with van der Waals surface area (Å²) in [5.74, 6) is -1.62. The second-order valence-corrected chi connectivity index (χ2v) is 7.65. The SMILES string of the molecule is Cc1ccc(NC(=O)COC(=O)[C@@H]2CC(=O)N(c3ccc(C)c(C)c3)C2)c(C)c1. The number of carbonyl (C=O) groups is 3. The van der Waals surface area contributed by atoms with Gasteiger partial charge in [0, 0.05) is 24.3 Å². The molecule has 29 heavy (non-hydrogen) atoms. The number of rotatable bonds is 5. The van der Waals surface area contributed by atoms with E-state index in [1.807, 2.05) is 64.1 Å². The van der Waals surface area contributed by atoms with E-state index in [1.165, 1.54) is 0 Å². The highest BCUT2D eigenvalue weighted by Crippen LogP contribution is 2.27. The summed E-state index contributed by atoms with van der Waals surface area (Å²) >= 11 is 0. The topological polar surface area (TPSA) is 75.7 Å². The van der Waals surface area contributed by atoms with Crippen LogP contribution in [0.1, 0.15) is 28.7 Å². The fourth-order valence-corrected chi connectivity index (χ4v) is 3.40. The lowest BCUT2D eigenvalue weighted by molar-refractivity contribution is -0.151. The van der Waals surface area contributed by atoms with Crippen LogP contribution in [-0.2, 0) is 19.1 Å². The highest BCUT2D eigenvalue weighted by atomic mass is 16.5. The van der Waals surface area contributed by atoms with E-state index in [-0.39, 0.29) is 25.5 Å². The van der Waals surface area contributed by atoms with Gasteiger partial charge in [-0.2, -0.15) is 0 Å². The number of nitrogens with zero attached hydrogens (tertiary/aromatic N) is 1. The van der Waals surface area contributed by atoms with E-state index in [1.54, 1.807) is 4.90 Å². The number of esters is 1. The Bertz CT molecular complexity index is 967. The first-order valence-corrected chi connectivity index (χ1v) is 9.66. The number of hydrogen-bond acceptors (Lipinski definition) is 4. The van der Waals surface area contributed by atoms with Crippen molar-refractivity contribution in [1.82, 2.24) is 0 Å². The van der Waals surface area contributed by atoms with Crippen LogP contribution in [0.25, 0.3) is 0 Å². The molecule has 1 heterocycles. The van der Waals surface area contributed by atoms with Crippen LogP contribution < -0.4 is 10.2 Å². The van der Waals surface area contributed by atoms with Gasteiger partial charge in [0.25, 0.3) is 5.91 Å². The summed E-state index contributed by atoms with van der Waals surface area (Å²) < 4.78 is 5.17. The summed E-state index contributed by atoms with van der Waals surface area (Å²) in [5.41, 5.74) is 5.74. The minimum atomic E-state index is -0.571. The first-order valence-electron chi connectivity index (χ1n) is 9.66. The van der Waals surface area contributed by atoms with Crippen molar-refractivity contribution in [2.45, 2.75) is 34.1 Å². The number of carbonyl (C=O) groups excluding carboxylic acids is 3. The summed E-state index contributed by atoms with van der Waals surface area (Å²) in [6.45, 7) is 7.76. The number of amides is 2. The number of anilines is 2. The molecule has 152 valence electrons. The van der Waals surface area contributed by atoms with E-state index in [9.17, 15) is 14.4 Å². The maximum atomic E-state index is 12.4. The van der Waals surface area contributed by atoms with Gasteiger partial charge in [-0.1, -0.05) is 23.8 Å². The molecule has 1 fully saturated rings. The predicted molar refractivity (Wildman–Crippen MR) is 112 cm³/mol. The van der Waals surface area contributed by atoms with Gasteiger partial charge in [0.2, 0.25) is 5.91 Å². The Hall–Kier alpha value is -3.15. The Kier molecular flexibility index (Phi) is 6.01. The molecular weight excluding hydrogens is 368 g/mol. The first kappa shape index (κ1) is 20.6. The van der Waals surface area contributed by atoms with E-state index in [2.05, 4.69) is 5.32 Å². The molecule has 6 nitrogen and oxygen atoms in total. The normalized spacial score (nSPS) is 16.1. The van der Waals surface area contributed by atoms with Gasteiger partial charge in [-0.3, -0.25) is 14.4 Å². The summed E-state index contributed by atoms with van der Waals surface area (Å²) in [6.07, 6.45) is 0.0877. The van der Waals surface area contributed by atoms with E-state index in [0.717, 1.165) is 27.9 Å². The zero-order valence-electron chi connectivity index (χ0n) is 17.2. The monoisotopic (exact) mass is 394 g/mol. The molecule has 0 spiro atoms. The number of nitrogens with one attached hydrogen (secondary N) is 1. The van der Waals surface area contributed by atoms with E-state index >= 15 is 0 Å². The molecule has 0 saturated carbocycles. The van der Waals surface area contributed by atoms with Crippen LogP contribution in [-0.4, -0.2) is 30.9 Å². The number of hydrogen-bond donors (Lipinski definition) is 1. The largest absolute Gasteiger partial charge is 0.455 e. The standard InChI is InChI=1S/C23H26N2O4/c1-14-5-8-20(17(4)9-14)24-21(26)13-29-23(28)18-11-22(27)25(12-18)19-7-6-15(2)16(3)10-19/h5-10,18H,11-13H2,1-4H3,(H,24,26)/t18-/m1/s1. The Morgan fingerprint density at radius 1 is 1.03 bits per heavy atom. The predicted octanol–water partition coefficient (Wildman–Crippen LogP) is 3.46. The van der Waals surface area contributed by atoms with Gasteiger partial charge >= 0.3 is 5.97 Å². The summed E-state index contributed by atoms with van der Waals surface area (Å²) in [6, 6.07) is 11.5. The van der Waals surface area contributed by atoms with Gasteiger partial charge in [0.05, 0.1) is 5.92 Å². The summed E-state index contributed by atoms with van der Waals surface area (Å²) in [4.78, 5) is 38.5. The molecule has 6 heteroatoms. The van der Waals surface area contributed by atoms with Gasteiger partial charge in [0.1, 0.15) is 0 Å². The first-order chi connectivity index (χ1) is 13.7. The molecule has 0 unspecified atom stereocenters. The van der Waals surface area contributed by atoms with Crippen molar-refractivity contribution in [3.63, 3.8) is 0 Å². The van der Waals surface area contributed by atoms with Crippen LogP contribution in [0, 0.1) is 33.6 Å². The minimum absolute atomic E-state index is 0.0877. The van der Waals surface area contributed by atoms with E-state index in [0.29, 0.717) is 5.69 Å². The second-order valence-electron chi connectivity index (χ2n) is 7.65. The van der Waals surface area contributed by atoms with Gasteiger partial charge in [-0.05, 0) is 62.6 Å². The second kappa shape index (κ2) is 8.47. The van der Waals surface area contributed by atoms with Crippen molar-refractivity contribution in [1.29, 1.82) is 0 Å². The van der Waals surface area contributed by atoms with Crippen molar-refractivity contribution >= 4 is 29.2 Å². The molecule has 0 aliphatic carbocycles. The van der Waals surface area contributed by atoms with Gasteiger partial charge < -0.3 is 15.0 Å². The average molecular weight is 394 g/mol. The smallest absolute Gasteiger partial charge is 0.311 e. The van der Waals surface area contributed by atoms with Crippen molar-refractivity contribution in [2.24, 2.45) is 5.92 Å². The molecule has 1 aliphatic heterocycles. The number of aryl methyl sites for hydroxylation is 4. The Balaban J connectivity index is 1.55. The van der Waals surface area contributed by atoms with Gasteiger partial charge in [-0.15, -0.1) is 0 Å². The molecular formula is C23H26N2O4. The van der Waals surface area contributed by atoms with Gasteiger partial charge in [-0.25, -0.2) is 0 Å². The Morgan fingerprint density at radius 2 is 1.79 bits per heavy atom. The average Bonchev–Trinajstić information content (AvgIpc) is 3.06. The molecule has 0 bridgehead atoms. The van der Waals surface area contributed by atoms with Crippen molar-refractivity contribution < 1.29 is 19.1 Å². The molecule has 0 radical (unpaired) electrons. The lowest BCUT2D eigenvalue weighted by atomic mass is 10.1. The third-order valence-corrected chi connectivity index (χ3v) is 5.26. The zero-order chi connectivity index (χ0) is 21.1. The number of ether oxygens (including phenoxy) is 1. The third kappa shape index (κ3) is 4.83. The molecule has 3 rings (SSSR count). The molecule has 2 aromatic carbocycles. The molecule has 1 saturated heterocycles. The van der Waals surface area contributed by atoms with Crippen LogP contribution in [0.3, 0.4) is 0 Å². The van der Waals surface area contributed by atoms with Crippen LogP contribution in [0.2, 0.25) is 0 Å². The molecule has 2 amide bonds. The Labute approximate surface area is 170 Å². The summed E-state index contributed by atoms with van der Waals surface area (Å²) in [7, 11) is 0. The summed E-state index contributed by atoms with van der Waals surface area (Å²) in [5, 5.41) is 2.74. The minimum Gasteiger partial charge on any atom is -0.455 e. The van der Waals surface area contributed by atoms with Crippen molar-refractivity contribution in [2.75, 3.05) is 23.4 Å². The van der Waals surface area contributed by atoms with Crippen molar-refractivity contribution in [3.05, 3.63) is 58.7 Å². The molecule has 1 aliphatic rings. The zero-order valence-corrected chi connectivity index (χ0v) is 17.2. The highest BCUT2D eigenvalue weighted by Gasteiger charge is 2.36. The lowest BCUT2D eigenvalue weighted by Crippen LogP contribution is -2.28. The number of benzene rings is 2. The third-order valence-electron chi connectivity index (χ3n) is 5.26. The fraction of sp³-hybridized carbons (Fsp3) is 0.348. The quantitative estimate of drug-likeness (QED) is 0.788. The molecule has 0 aromatic heterocycles. The fourth-order valence-electron chi connectivity index (χ4n) is 3.40. The highest BCUT2D eigenvalue weighted by molar-refractivity contribution is 6.00. The van der Waals surface area contributed by atoms with E-state index < -0.39 is 17.8 Å². The lowest BCUT2D eigenvalue weighted by Gasteiger charge is -2.18. The maximum absolute atomic E-state index is 12.4. The molecule has 1 N–H and O–H groups in total. The van der Waals surface area contributed by atoms with Crippen LogP contribution >= 0.6 is 0 Å². The van der Waals surface area contributed by atoms with E-state index in [4.69, 9.17) is 4.74 Å². The van der Waals surface area contributed by atoms with Crippen LogP contribution in [0.4, 0.5) is 11.4 Å². The molecule has 1 atom stereocenters. The maximum Gasteiger partial charge on any atom is 0.311 e. The van der Waals surface area contributed by atoms with Gasteiger partial charge in [0.15, 0.2) is 6.61 Å².